The lowest BCUT2D eigenvalue weighted by Crippen LogP contribution is -2.30. The van der Waals surface area contributed by atoms with E-state index in [1.807, 2.05) is 45.0 Å². The van der Waals surface area contributed by atoms with Crippen molar-refractivity contribution in [1.29, 1.82) is 0 Å². The van der Waals surface area contributed by atoms with Crippen molar-refractivity contribution in [1.82, 2.24) is 0 Å². The van der Waals surface area contributed by atoms with Crippen LogP contribution in [0, 0.1) is 0 Å². The van der Waals surface area contributed by atoms with Crippen molar-refractivity contribution >= 4 is 5.97 Å². The summed E-state index contributed by atoms with van der Waals surface area (Å²) in [5.41, 5.74) is 6.30. The van der Waals surface area contributed by atoms with E-state index in [4.69, 9.17) is 15.6 Å². The quantitative estimate of drug-likeness (QED) is 0.841. The molecule has 0 aliphatic rings. The maximum Gasteiger partial charge on any atom is 0.320 e. The predicted molar refractivity (Wildman–Crippen MR) is 70.8 cm³/mol. The van der Waals surface area contributed by atoms with E-state index >= 15 is 0 Å². The molecule has 0 aromatic heterocycles. The van der Waals surface area contributed by atoms with Gasteiger partial charge in [0.1, 0.15) is 17.4 Å². The fourth-order valence-electron chi connectivity index (χ4n) is 1.52. The van der Waals surface area contributed by atoms with Crippen molar-refractivity contribution in [3.63, 3.8) is 0 Å². The second kappa shape index (κ2) is 5.87. The zero-order valence-corrected chi connectivity index (χ0v) is 11.1. The first kappa shape index (κ1) is 14.5. The van der Waals surface area contributed by atoms with Gasteiger partial charge in [-0.15, -0.1) is 0 Å². The highest BCUT2D eigenvalue weighted by Crippen LogP contribution is 2.19. The fourth-order valence-corrected chi connectivity index (χ4v) is 1.52. The highest BCUT2D eigenvalue weighted by Gasteiger charge is 2.12. The third-order valence-electron chi connectivity index (χ3n) is 2.41. The number of carboxylic acid groups (broad SMARTS) is 1. The molecule has 1 aromatic rings. The SMILES string of the molecule is CC(C)(C)Oc1ccc(CC[C@H](N)C(=O)O)cc1. The van der Waals surface area contributed by atoms with Gasteiger partial charge in [0, 0.05) is 0 Å². The topological polar surface area (TPSA) is 72.5 Å². The van der Waals surface area contributed by atoms with Crippen LogP contribution in [-0.2, 0) is 11.2 Å². The third-order valence-corrected chi connectivity index (χ3v) is 2.41. The van der Waals surface area contributed by atoms with Gasteiger partial charge in [-0.05, 0) is 51.3 Å². The van der Waals surface area contributed by atoms with Gasteiger partial charge in [-0.2, -0.15) is 0 Å². The molecule has 4 heteroatoms. The number of carboxylic acids is 1. The summed E-state index contributed by atoms with van der Waals surface area (Å²) in [6.45, 7) is 5.98. The molecule has 0 saturated carbocycles. The lowest BCUT2D eigenvalue weighted by Gasteiger charge is -2.21. The predicted octanol–water partition coefficient (Wildman–Crippen LogP) is 2.21. The van der Waals surface area contributed by atoms with Gasteiger partial charge >= 0.3 is 5.97 Å². The Kier molecular flexibility index (Phi) is 4.73. The number of rotatable bonds is 5. The Morgan fingerprint density at radius 3 is 2.33 bits per heavy atom. The molecule has 1 aromatic carbocycles. The summed E-state index contributed by atoms with van der Waals surface area (Å²) in [7, 11) is 0. The molecule has 0 radical (unpaired) electrons. The van der Waals surface area contributed by atoms with Crippen LogP contribution in [0.25, 0.3) is 0 Å². The van der Waals surface area contributed by atoms with Crippen LogP contribution in [0.3, 0.4) is 0 Å². The number of ether oxygens (including phenoxy) is 1. The van der Waals surface area contributed by atoms with Crippen molar-refractivity contribution in [2.75, 3.05) is 0 Å². The molecular weight excluding hydrogens is 230 g/mol. The minimum Gasteiger partial charge on any atom is -0.488 e. The lowest BCUT2D eigenvalue weighted by atomic mass is 10.1. The maximum absolute atomic E-state index is 10.6. The highest BCUT2D eigenvalue weighted by molar-refractivity contribution is 5.73. The Bertz CT molecular complexity index is 392. The minimum atomic E-state index is -0.956. The van der Waals surface area contributed by atoms with Crippen LogP contribution in [0.5, 0.6) is 5.75 Å². The number of benzene rings is 1. The molecule has 0 saturated heterocycles. The number of aliphatic carboxylic acids is 1. The summed E-state index contributed by atoms with van der Waals surface area (Å²) in [6, 6.07) is 6.88. The van der Waals surface area contributed by atoms with E-state index in [1.54, 1.807) is 0 Å². The first-order chi connectivity index (χ1) is 8.28. The molecule has 0 heterocycles. The van der Waals surface area contributed by atoms with Gasteiger partial charge in [0.05, 0.1) is 0 Å². The Balaban J connectivity index is 2.53. The van der Waals surface area contributed by atoms with Gasteiger partial charge in [0.25, 0.3) is 0 Å². The van der Waals surface area contributed by atoms with E-state index in [0.717, 1.165) is 11.3 Å². The van der Waals surface area contributed by atoms with Gasteiger partial charge in [0.2, 0.25) is 0 Å². The molecule has 100 valence electrons. The van der Waals surface area contributed by atoms with Gasteiger partial charge in [-0.3, -0.25) is 4.79 Å². The smallest absolute Gasteiger partial charge is 0.320 e. The van der Waals surface area contributed by atoms with Gasteiger partial charge < -0.3 is 15.6 Å². The normalized spacial score (nSPS) is 13.1. The summed E-state index contributed by atoms with van der Waals surface area (Å²) in [5.74, 6) is -0.142. The summed E-state index contributed by atoms with van der Waals surface area (Å²) < 4.78 is 5.70. The first-order valence-corrected chi connectivity index (χ1v) is 6.04. The van der Waals surface area contributed by atoms with Crippen LogP contribution >= 0.6 is 0 Å². The van der Waals surface area contributed by atoms with Crippen LogP contribution < -0.4 is 10.5 Å². The number of aryl methyl sites for hydroxylation is 1. The monoisotopic (exact) mass is 251 g/mol. The van der Waals surface area contributed by atoms with Crippen molar-refractivity contribution in [3.05, 3.63) is 29.8 Å². The van der Waals surface area contributed by atoms with E-state index in [9.17, 15) is 4.79 Å². The molecule has 0 unspecified atom stereocenters. The zero-order valence-electron chi connectivity index (χ0n) is 11.1. The number of hydrogen-bond acceptors (Lipinski definition) is 3. The maximum atomic E-state index is 10.6. The first-order valence-electron chi connectivity index (χ1n) is 6.04. The molecule has 0 bridgehead atoms. The van der Waals surface area contributed by atoms with E-state index in [1.165, 1.54) is 0 Å². The molecule has 4 nitrogen and oxygen atoms in total. The standard InChI is InChI=1S/C14H21NO3/c1-14(2,3)18-11-7-4-10(5-8-11)6-9-12(15)13(16)17/h4-5,7-8,12H,6,9,15H2,1-3H3,(H,16,17)/t12-/m0/s1. The van der Waals surface area contributed by atoms with Crippen LogP contribution in [0.4, 0.5) is 0 Å². The second-order valence-electron chi connectivity index (χ2n) is 5.34. The summed E-state index contributed by atoms with van der Waals surface area (Å²) in [4.78, 5) is 10.6. The molecular formula is C14H21NO3. The van der Waals surface area contributed by atoms with E-state index < -0.39 is 12.0 Å². The fraction of sp³-hybridized carbons (Fsp3) is 0.500. The van der Waals surface area contributed by atoms with E-state index in [-0.39, 0.29) is 5.60 Å². The molecule has 0 spiro atoms. The Morgan fingerprint density at radius 2 is 1.89 bits per heavy atom. The Labute approximate surface area is 108 Å². The van der Waals surface area contributed by atoms with Gasteiger partial charge in [-0.1, -0.05) is 12.1 Å². The molecule has 3 N–H and O–H groups in total. The molecule has 1 rings (SSSR count). The highest BCUT2D eigenvalue weighted by atomic mass is 16.5. The molecule has 1 atom stereocenters. The third kappa shape index (κ3) is 5.19. The van der Waals surface area contributed by atoms with Gasteiger partial charge in [0.15, 0.2) is 0 Å². The second-order valence-corrected chi connectivity index (χ2v) is 5.34. The number of hydrogen-bond donors (Lipinski definition) is 2. The average Bonchev–Trinajstić information content (AvgIpc) is 2.25. The number of nitrogens with two attached hydrogens (primary N) is 1. The van der Waals surface area contributed by atoms with Crippen LogP contribution in [0.1, 0.15) is 32.8 Å². The molecule has 18 heavy (non-hydrogen) atoms. The molecule has 0 aliphatic carbocycles. The summed E-state index contributed by atoms with van der Waals surface area (Å²) in [6.07, 6.45) is 1.10. The van der Waals surface area contributed by atoms with Crippen LogP contribution in [-0.4, -0.2) is 22.7 Å². The molecule has 0 amide bonds. The van der Waals surface area contributed by atoms with Crippen molar-refractivity contribution in [2.24, 2.45) is 5.73 Å². The average molecular weight is 251 g/mol. The van der Waals surface area contributed by atoms with Crippen LogP contribution in [0.15, 0.2) is 24.3 Å². The van der Waals surface area contributed by atoms with Crippen molar-refractivity contribution in [2.45, 2.75) is 45.3 Å². The van der Waals surface area contributed by atoms with Gasteiger partial charge in [-0.25, -0.2) is 0 Å². The zero-order chi connectivity index (χ0) is 13.8. The largest absolute Gasteiger partial charge is 0.488 e. The summed E-state index contributed by atoms with van der Waals surface area (Å²) in [5, 5.41) is 8.69. The number of carbonyl (C=O) groups is 1. The summed E-state index contributed by atoms with van der Waals surface area (Å²) >= 11 is 0. The van der Waals surface area contributed by atoms with E-state index in [2.05, 4.69) is 0 Å². The van der Waals surface area contributed by atoms with Crippen molar-refractivity contribution < 1.29 is 14.6 Å². The molecule has 0 aliphatic heterocycles. The Hall–Kier alpha value is -1.55. The molecule has 0 fully saturated rings. The minimum absolute atomic E-state index is 0.215. The lowest BCUT2D eigenvalue weighted by molar-refractivity contribution is -0.138. The van der Waals surface area contributed by atoms with E-state index in [0.29, 0.717) is 12.8 Å². The van der Waals surface area contributed by atoms with Crippen molar-refractivity contribution in [3.8, 4) is 5.75 Å². The Morgan fingerprint density at radius 1 is 1.33 bits per heavy atom. The van der Waals surface area contributed by atoms with Crippen LogP contribution in [0.2, 0.25) is 0 Å².